The largest absolute Gasteiger partial charge is 0.382 e. The molecule has 0 atom stereocenters. The van der Waals surface area contributed by atoms with Crippen LogP contribution in [-0.4, -0.2) is 24.5 Å². The highest BCUT2D eigenvalue weighted by atomic mass is 16.1. The van der Waals surface area contributed by atoms with Crippen molar-refractivity contribution in [1.29, 1.82) is 0 Å². The second kappa shape index (κ2) is 5.86. The maximum atomic E-state index is 12.2. The Morgan fingerprint density at radius 2 is 2.08 bits per heavy atom. The third-order valence-corrected chi connectivity index (χ3v) is 4.15. The normalized spacial score (nSPS) is 11.1. The lowest BCUT2D eigenvalue weighted by Crippen LogP contribution is -2.11. The van der Waals surface area contributed by atoms with Gasteiger partial charge in [0, 0.05) is 35.4 Å². The number of nitrogens with one attached hydrogen (secondary N) is 1. The fourth-order valence-corrected chi connectivity index (χ4v) is 2.94. The summed E-state index contributed by atoms with van der Waals surface area (Å²) in [6, 6.07) is 8.12. The lowest BCUT2D eigenvalue weighted by molar-refractivity contribution is 0.798. The van der Waals surface area contributed by atoms with Gasteiger partial charge in [-0.2, -0.15) is 0 Å². The minimum Gasteiger partial charge on any atom is -0.382 e. The van der Waals surface area contributed by atoms with E-state index >= 15 is 0 Å². The monoisotopic (exact) mass is 332 g/mol. The molecule has 0 aliphatic rings. The molecule has 0 saturated carbocycles. The van der Waals surface area contributed by atoms with E-state index in [9.17, 15) is 4.79 Å². The van der Waals surface area contributed by atoms with Crippen molar-refractivity contribution in [2.75, 3.05) is 5.73 Å². The van der Waals surface area contributed by atoms with Crippen LogP contribution in [0.25, 0.3) is 33.4 Å². The molecule has 7 heteroatoms. The highest BCUT2D eigenvalue weighted by Gasteiger charge is 2.15. The summed E-state index contributed by atoms with van der Waals surface area (Å²) in [5.74, 6) is 0.250. The zero-order chi connectivity index (χ0) is 17.4. The van der Waals surface area contributed by atoms with Crippen molar-refractivity contribution in [3.63, 3.8) is 0 Å². The summed E-state index contributed by atoms with van der Waals surface area (Å²) in [7, 11) is 0. The van der Waals surface area contributed by atoms with Crippen LogP contribution < -0.4 is 11.3 Å². The summed E-state index contributed by atoms with van der Waals surface area (Å²) in [4.78, 5) is 27.5. The Morgan fingerprint density at radius 3 is 2.88 bits per heavy atom. The van der Waals surface area contributed by atoms with Gasteiger partial charge in [0.15, 0.2) is 0 Å². The van der Waals surface area contributed by atoms with E-state index in [4.69, 9.17) is 5.73 Å². The molecule has 1 aromatic carbocycles. The van der Waals surface area contributed by atoms with E-state index in [1.165, 1.54) is 18.7 Å². The molecule has 3 heterocycles. The van der Waals surface area contributed by atoms with Crippen LogP contribution in [0.15, 0.2) is 54.0 Å². The van der Waals surface area contributed by atoms with E-state index in [-0.39, 0.29) is 11.4 Å². The first kappa shape index (κ1) is 15.1. The molecule has 3 aromatic heterocycles. The molecule has 0 aliphatic carbocycles. The van der Waals surface area contributed by atoms with Crippen LogP contribution in [0.3, 0.4) is 0 Å². The smallest absolute Gasteiger partial charge is 0.260 e. The van der Waals surface area contributed by atoms with Crippen molar-refractivity contribution in [3.8, 4) is 22.5 Å². The number of aromatic nitrogens is 5. The second-order valence-corrected chi connectivity index (χ2v) is 5.66. The number of nitrogen functional groups attached to an aromatic ring is 1. The number of fused-ring (bicyclic) bond motifs is 1. The van der Waals surface area contributed by atoms with Gasteiger partial charge < -0.3 is 15.3 Å². The zero-order valence-electron chi connectivity index (χ0n) is 13.6. The molecule has 124 valence electrons. The van der Waals surface area contributed by atoms with E-state index in [2.05, 4.69) is 43.7 Å². The number of aryl methyl sites for hydroxylation is 1. The minimum absolute atomic E-state index is 0.250. The predicted octanol–water partition coefficient (Wildman–Crippen LogP) is 2.45. The van der Waals surface area contributed by atoms with Crippen LogP contribution >= 0.6 is 0 Å². The van der Waals surface area contributed by atoms with Crippen molar-refractivity contribution in [3.05, 3.63) is 59.5 Å². The van der Waals surface area contributed by atoms with Gasteiger partial charge in [-0.15, -0.1) is 0 Å². The number of nitrogens with zero attached hydrogens (tertiary/aromatic N) is 4. The lowest BCUT2D eigenvalue weighted by atomic mass is 10.0. The molecule has 4 rings (SSSR count). The number of nitrogens with two attached hydrogens (primary N) is 1. The Bertz CT molecular complexity index is 1130. The standard InChI is InChI=1S/C18H16N6O/c1-2-24-6-5-11-7-12(3-4-14(11)24)16-17(23-15(19)9-21-16)13-8-20-10-22-18(13)25/h3-10H,2H2,1H3,(H2,19,23)(H,20,22,25). The number of rotatable bonds is 3. The molecule has 0 saturated heterocycles. The summed E-state index contributed by atoms with van der Waals surface area (Å²) in [6.45, 7) is 3.01. The average molecular weight is 332 g/mol. The molecule has 25 heavy (non-hydrogen) atoms. The van der Waals surface area contributed by atoms with Crippen LogP contribution in [0, 0.1) is 0 Å². The molecule has 0 unspecified atom stereocenters. The fourth-order valence-electron chi connectivity index (χ4n) is 2.94. The Kier molecular flexibility index (Phi) is 3.53. The van der Waals surface area contributed by atoms with Crippen molar-refractivity contribution >= 4 is 16.7 Å². The molecule has 3 N–H and O–H groups in total. The summed E-state index contributed by atoms with van der Waals surface area (Å²) in [5.41, 5.74) is 8.88. The quantitative estimate of drug-likeness (QED) is 0.600. The molecular weight excluding hydrogens is 316 g/mol. The van der Waals surface area contributed by atoms with Gasteiger partial charge in [-0.05, 0) is 25.1 Å². The van der Waals surface area contributed by atoms with E-state index < -0.39 is 0 Å². The highest BCUT2D eigenvalue weighted by molar-refractivity contribution is 5.88. The van der Waals surface area contributed by atoms with Gasteiger partial charge in [0.1, 0.15) is 11.5 Å². The van der Waals surface area contributed by atoms with Crippen LogP contribution in [0.1, 0.15) is 6.92 Å². The van der Waals surface area contributed by atoms with E-state index in [0.717, 1.165) is 23.0 Å². The first-order chi connectivity index (χ1) is 12.2. The third kappa shape index (κ3) is 2.55. The SMILES string of the molecule is CCn1ccc2cc(-c3ncc(N)nc3-c3cnc[nH]c3=O)ccc21. The highest BCUT2D eigenvalue weighted by Crippen LogP contribution is 2.30. The fraction of sp³-hybridized carbons (Fsp3) is 0.111. The van der Waals surface area contributed by atoms with Gasteiger partial charge >= 0.3 is 0 Å². The average Bonchev–Trinajstić information content (AvgIpc) is 3.04. The predicted molar refractivity (Wildman–Crippen MR) is 96.9 cm³/mol. The number of H-pyrrole nitrogens is 1. The first-order valence-corrected chi connectivity index (χ1v) is 7.92. The number of benzene rings is 1. The number of anilines is 1. The van der Waals surface area contributed by atoms with E-state index in [0.29, 0.717) is 17.0 Å². The molecule has 4 aromatic rings. The summed E-state index contributed by atoms with van der Waals surface area (Å²) >= 11 is 0. The Hall–Kier alpha value is -3.48. The molecule has 0 bridgehead atoms. The summed E-state index contributed by atoms with van der Waals surface area (Å²) in [5, 5.41) is 1.10. The Balaban J connectivity index is 1.94. The zero-order valence-corrected chi connectivity index (χ0v) is 13.6. The Labute approximate surface area is 143 Å². The first-order valence-electron chi connectivity index (χ1n) is 7.92. The van der Waals surface area contributed by atoms with Crippen molar-refractivity contribution in [2.45, 2.75) is 13.5 Å². The molecule has 0 fully saturated rings. The van der Waals surface area contributed by atoms with Gasteiger partial charge in [0.2, 0.25) is 0 Å². The maximum Gasteiger partial charge on any atom is 0.260 e. The van der Waals surface area contributed by atoms with E-state index in [1.807, 2.05) is 18.2 Å². The summed E-state index contributed by atoms with van der Waals surface area (Å²) in [6.07, 6.45) is 6.35. The van der Waals surface area contributed by atoms with Gasteiger partial charge in [-0.3, -0.25) is 9.78 Å². The van der Waals surface area contributed by atoms with Crippen molar-refractivity contribution in [2.24, 2.45) is 0 Å². The molecule has 0 amide bonds. The van der Waals surface area contributed by atoms with Crippen LogP contribution in [0.5, 0.6) is 0 Å². The van der Waals surface area contributed by atoms with Gasteiger partial charge in [-0.25, -0.2) is 9.97 Å². The molecular formula is C18H16N6O. The van der Waals surface area contributed by atoms with E-state index in [1.54, 1.807) is 0 Å². The summed E-state index contributed by atoms with van der Waals surface area (Å²) < 4.78 is 2.17. The van der Waals surface area contributed by atoms with Crippen LogP contribution in [-0.2, 0) is 6.54 Å². The Morgan fingerprint density at radius 1 is 1.20 bits per heavy atom. The van der Waals surface area contributed by atoms with Crippen LogP contribution in [0.4, 0.5) is 5.82 Å². The lowest BCUT2D eigenvalue weighted by Gasteiger charge is -2.09. The molecule has 0 spiro atoms. The van der Waals surface area contributed by atoms with Crippen LogP contribution in [0.2, 0.25) is 0 Å². The second-order valence-electron chi connectivity index (χ2n) is 5.66. The molecule has 7 nitrogen and oxygen atoms in total. The maximum absolute atomic E-state index is 12.2. The van der Waals surface area contributed by atoms with Crippen molar-refractivity contribution < 1.29 is 0 Å². The number of aromatic amines is 1. The van der Waals surface area contributed by atoms with Gasteiger partial charge in [-0.1, -0.05) is 6.07 Å². The minimum atomic E-state index is -0.283. The van der Waals surface area contributed by atoms with Crippen molar-refractivity contribution in [1.82, 2.24) is 24.5 Å². The molecule has 0 aliphatic heterocycles. The third-order valence-electron chi connectivity index (χ3n) is 4.15. The molecule has 0 radical (unpaired) electrons. The van der Waals surface area contributed by atoms with Gasteiger partial charge in [0.25, 0.3) is 5.56 Å². The number of hydrogen-bond acceptors (Lipinski definition) is 5. The topological polar surface area (TPSA) is 102 Å². The number of hydrogen-bond donors (Lipinski definition) is 2. The van der Waals surface area contributed by atoms with Gasteiger partial charge in [0.05, 0.1) is 23.8 Å².